The molecule has 0 spiro atoms. The van der Waals surface area contributed by atoms with E-state index in [0.29, 0.717) is 0 Å². The highest BCUT2D eigenvalue weighted by atomic mass is 16.5. The maximum absolute atomic E-state index is 10.9. The van der Waals surface area contributed by atoms with Crippen molar-refractivity contribution in [2.24, 2.45) is 0 Å². The fourth-order valence-corrected chi connectivity index (χ4v) is 2.09. The van der Waals surface area contributed by atoms with Crippen molar-refractivity contribution in [1.29, 1.82) is 0 Å². The second-order valence-corrected chi connectivity index (χ2v) is 5.51. The maximum Gasteiger partial charge on any atom is 0.307 e. The van der Waals surface area contributed by atoms with E-state index >= 15 is 0 Å². The predicted octanol–water partition coefficient (Wildman–Crippen LogP) is 3.18. The third-order valence-corrected chi connectivity index (χ3v) is 2.97. The zero-order valence-corrected chi connectivity index (χ0v) is 11.8. The van der Waals surface area contributed by atoms with E-state index in [9.17, 15) is 4.79 Å². The van der Waals surface area contributed by atoms with E-state index < -0.39 is 5.97 Å². The number of methoxy groups -OCH3 is 1. The van der Waals surface area contributed by atoms with E-state index in [1.165, 1.54) is 0 Å². The highest BCUT2D eigenvalue weighted by molar-refractivity contribution is 5.70. The van der Waals surface area contributed by atoms with E-state index in [1.54, 1.807) is 7.11 Å². The molecule has 1 N–H and O–H groups in total. The fourth-order valence-electron chi connectivity index (χ4n) is 2.09. The van der Waals surface area contributed by atoms with Crippen molar-refractivity contribution in [3.05, 3.63) is 28.8 Å². The van der Waals surface area contributed by atoms with Crippen LogP contribution in [-0.4, -0.2) is 18.2 Å². The van der Waals surface area contributed by atoms with Crippen molar-refractivity contribution in [2.75, 3.05) is 7.11 Å². The Bertz CT molecular complexity index is 442. The van der Waals surface area contributed by atoms with E-state index in [1.807, 2.05) is 12.1 Å². The number of benzene rings is 1. The van der Waals surface area contributed by atoms with Crippen molar-refractivity contribution >= 4 is 5.97 Å². The summed E-state index contributed by atoms with van der Waals surface area (Å²) in [6.07, 6.45) is 0.889. The topological polar surface area (TPSA) is 46.5 Å². The first-order chi connectivity index (χ1) is 8.29. The molecule has 1 aromatic rings. The standard InChI is InChI=1S/C15H22O3/c1-6-11-7-10(9-13(16)17)8-12(14(11)18-5)15(2,3)4/h7-8H,6,9H2,1-5H3,(H,16,17). The Balaban J connectivity index is 3.40. The first kappa shape index (κ1) is 14.6. The number of hydrogen-bond acceptors (Lipinski definition) is 2. The van der Waals surface area contributed by atoms with Gasteiger partial charge in [0.2, 0.25) is 0 Å². The zero-order chi connectivity index (χ0) is 13.9. The summed E-state index contributed by atoms with van der Waals surface area (Å²) in [6.45, 7) is 8.37. The van der Waals surface area contributed by atoms with Crippen LogP contribution in [0.3, 0.4) is 0 Å². The van der Waals surface area contributed by atoms with Crippen LogP contribution in [0.15, 0.2) is 12.1 Å². The molecule has 3 nitrogen and oxygen atoms in total. The van der Waals surface area contributed by atoms with Gasteiger partial charge in [-0.1, -0.05) is 39.8 Å². The number of carboxylic acid groups (broad SMARTS) is 1. The van der Waals surface area contributed by atoms with Crippen LogP contribution < -0.4 is 4.74 Å². The second-order valence-electron chi connectivity index (χ2n) is 5.51. The average molecular weight is 250 g/mol. The Labute approximate surface area is 109 Å². The lowest BCUT2D eigenvalue weighted by molar-refractivity contribution is -0.136. The Morgan fingerprint density at radius 2 is 1.94 bits per heavy atom. The molecule has 0 heterocycles. The van der Waals surface area contributed by atoms with Crippen molar-refractivity contribution in [1.82, 2.24) is 0 Å². The molecule has 100 valence electrons. The van der Waals surface area contributed by atoms with Gasteiger partial charge in [0.05, 0.1) is 13.5 Å². The molecule has 0 aromatic heterocycles. The lowest BCUT2D eigenvalue weighted by Gasteiger charge is -2.25. The molecule has 0 amide bonds. The molecule has 18 heavy (non-hydrogen) atoms. The molecule has 0 aliphatic carbocycles. The van der Waals surface area contributed by atoms with Gasteiger partial charge in [0.25, 0.3) is 0 Å². The molecule has 0 radical (unpaired) electrons. The number of ether oxygens (including phenoxy) is 1. The lowest BCUT2D eigenvalue weighted by Crippen LogP contribution is -2.15. The summed E-state index contributed by atoms with van der Waals surface area (Å²) in [5.74, 6) is 0.0845. The molecule has 0 saturated carbocycles. The minimum absolute atomic E-state index is 0.0556. The van der Waals surface area contributed by atoms with Crippen LogP contribution in [0.4, 0.5) is 0 Å². The third-order valence-electron chi connectivity index (χ3n) is 2.97. The first-order valence-electron chi connectivity index (χ1n) is 6.21. The minimum Gasteiger partial charge on any atom is -0.496 e. The van der Waals surface area contributed by atoms with Gasteiger partial charge in [-0.2, -0.15) is 0 Å². The molecule has 0 saturated heterocycles. The van der Waals surface area contributed by atoms with Gasteiger partial charge in [-0.05, 0) is 23.0 Å². The Morgan fingerprint density at radius 3 is 2.33 bits per heavy atom. The van der Waals surface area contributed by atoms with Crippen LogP contribution >= 0.6 is 0 Å². The van der Waals surface area contributed by atoms with Gasteiger partial charge in [-0.25, -0.2) is 0 Å². The summed E-state index contributed by atoms with van der Waals surface area (Å²) >= 11 is 0. The molecular weight excluding hydrogens is 228 g/mol. The quantitative estimate of drug-likeness (QED) is 0.892. The average Bonchev–Trinajstić information content (AvgIpc) is 2.25. The number of carboxylic acids is 1. The van der Waals surface area contributed by atoms with Gasteiger partial charge in [-0.3, -0.25) is 4.79 Å². The van der Waals surface area contributed by atoms with E-state index in [0.717, 1.165) is 28.9 Å². The van der Waals surface area contributed by atoms with E-state index in [-0.39, 0.29) is 11.8 Å². The monoisotopic (exact) mass is 250 g/mol. The van der Waals surface area contributed by atoms with Crippen LogP contribution in [0.5, 0.6) is 5.75 Å². The number of rotatable bonds is 4. The number of aliphatic carboxylic acids is 1. The number of aryl methyl sites for hydroxylation is 1. The predicted molar refractivity (Wildman–Crippen MR) is 72.4 cm³/mol. The fraction of sp³-hybridized carbons (Fsp3) is 0.533. The number of carbonyl (C=O) groups is 1. The van der Waals surface area contributed by atoms with Crippen molar-refractivity contribution in [3.8, 4) is 5.75 Å². The first-order valence-corrected chi connectivity index (χ1v) is 6.21. The lowest BCUT2D eigenvalue weighted by atomic mass is 9.83. The molecule has 0 unspecified atom stereocenters. The Hall–Kier alpha value is -1.51. The van der Waals surface area contributed by atoms with Gasteiger partial charge in [-0.15, -0.1) is 0 Å². The molecule has 0 aliphatic heterocycles. The Morgan fingerprint density at radius 1 is 1.33 bits per heavy atom. The molecule has 0 aliphatic rings. The van der Waals surface area contributed by atoms with Gasteiger partial charge in [0.15, 0.2) is 0 Å². The van der Waals surface area contributed by atoms with Crippen molar-refractivity contribution in [2.45, 2.75) is 46.0 Å². The van der Waals surface area contributed by atoms with Crippen LogP contribution in [0.25, 0.3) is 0 Å². The van der Waals surface area contributed by atoms with Crippen LogP contribution in [0.1, 0.15) is 44.4 Å². The summed E-state index contributed by atoms with van der Waals surface area (Å²) in [7, 11) is 1.67. The summed E-state index contributed by atoms with van der Waals surface area (Å²) in [5, 5.41) is 8.92. The molecule has 0 fully saturated rings. The summed E-state index contributed by atoms with van der Waals surface area (Å²) < 4.78 is 5.51. The van der Waals surface area contributed by atoms with Gasteiger partial charge in [0.1, 0.15) is 5.75 Å². The van der Waals surface area contributed by atoms with E-state index in [4.69, 9.17) is 9.84 Å². The molecule has 1 rings (SSSR count). The normalized spacial score (nSPS) is 11.4. The second kappa shape index (κ2) is 5.42. The summed E-state index contributed by atoms with van der Waals surface area (Å²) in [5.41, 5.74) is 2.91. The van der Waals surface area contributed by atoms with Gasteiger partial charge in [0, 0.05) is 5.56 Å². The highest BCUT2D eigenvalue weighted by Gasteiger charge is 2.22. The SMILES string of the molecule is CCc1cc(CC(=O)O)cc(C(C)(C)C)c1OC. The molecular formula is C15H22O3. The molecule has 1 aromatic carbocycles. The van der Waals surface area contributed by atoms with Crippen molar-refractivity contribution < 1.29 is 14.6 Å². The molecule has 3 heteroatoms. The summed E-state index contributed by atoms with van der Waals surface area (Å²) in [6, 6.07) is 3.88. The van der Waals surface area contributed by atoms with Crippen LogP contribution in [0.2, 0.25) is 0 Å². The number of hydrogen-bond donors (Lipinski definition) is 1. The molecule has 0 bridgehead atoms. The smallest absolute Gasteiger partial charge is 0.307 e. The van der Waals surface area contributed by atoms with Gasteiger partial charge < -0.3 is 9.84 Å². The summed E-state index contributed by atoms with van der Waals surface area (Å²) in [4.78, 5) is 10.9. The Kier molecular flexibility index (Phi) is 4.38. The highest BCUT2D eigenvalue weighted by Crippen LogP contribution is 2.35. The van der Waals surface area contributed by atoms with Crippen molar-refractivity contribution in [3.63, 3.8) is 0 Å². The maximum atomic E-state index is 10.9. The van der Waals surface area contributed by atoms with Gasteiger partial charge >= 0.3 is 5.97 Å². The zero-order valence-electron chi connectivity index (χ0n) is 11.8. The van der Waals surface area contributed by atoms with Crippen LogP contribution in [0, 0.1) is 0 Å². The third kappa shape index (κ3) is 3.25. The van der Waals surface area contributed by atoms with Crippen LogP contribution in [-0.2, 0) is 23.1 Å². The minimum atomic E-state index is -0.804. The largest absolute Gasteiger partial charge is 0.496 e. The van der Waals surface area contributed by atoms with E-state index in [2.05, 4.69) is 27.7 Å². The molecule has 0 atom stereocenters.